The van der Waals surface area contributed by atoms with Crippen molar-refractivity contribution in [3.63, 3.8) is 0 Å². The summed E-state index contributed by atoms with van der Waals surface area (Å²) in [7, 11) is -4.11. The van der Waals surface area contributed by atoms with Crippen LogP contribution in [0.25, 0.3) is 11.1 Å². The number of hydrogen-bond donors (Lipinski definition) is 1. The number of nitrogens with one attached hydrogen (secondary N) is 1. The molecule has 4 rings (SSSR count). The number of anilines is 3. The van der Waals surface area contributed by atoms with E-state index in [9.17, 15) is 26.0 Å². The van der Waals surface area contributed by atoms with Gasteiger partial charge in [0.1, 0.15) is 5.82 Å². The second-order valence-electron chi connectivity index (χ2n) is 6.43. The van der Waals surface area contributed by atoms with Gasteiger partial charge in [0.15, 0.2) is 5.58 Å². The van der Waals surface area contributed by atoms with E-state index in [4.69, 9.17) is 4.42 Å². The van der Waals surface area contributed by atoms with Crippen LogP contribution in [0.3, 0.4) is 0 Å². The van der Waals surface area contributed by atoms with Gasteiger partial charge in [-0.3, -0.25) is 17.9 Å². The molecule has 2 aromatic carbocycles. The first-order valence-electron chi connectivity index (χ1n) is 8.12. The van der Waals surface area contributed by atoms with Crippen LogP contribution in [0.15, 0.2) is 44.4 Å². The molecule has 3 aromatic rings. The van der Waals surface area contributed by atoms with Crippen molar-refractivity contribution in [3.8, 4) is 0 Å². The highest BCUT2D eigenvalue weighted by molar-refractivity contribution is 7.94. The molecular formula is C16H15FN4O6S2. The Hall–Kier alpha value is -3.06. The van der Waals surface area contributed by atoms with Crippen molar-refractivity contribution in [2.45, 2.75) is 4.90 Å². The Morgan fingerprint density at radius 3 is 2.31 bits per heavy atom. The van der Waals surface area contributed by atoms with Gasteiger partial charge >= 0.3 is 16.0 Å². The number of nitrogens with zero attached hydrogens (tertiary/aromatic N) is 3. The van der Waals surface area contributed by atoms with Crippen molar-refractivity contribution in [1.29, 1.82) is 0 Å². The van der Waals surface area contributed by atoms with Crippen LogP contribution in [0.5, 0.6) is 0 Å². The van der Waals surface area contributed by atoms with Crippen molar-refractivity contribution < 1.29 is 25.6 Å². The zero-order valence-electron chi connectivity index (χ0n) is 15.4. The maximum Gasteiger partial charge on any atom is 0.419 e. The maximum absolute atomic E-state index is 14.5. The molecule has 0 unspecified atom stereocenters. The second-order valence-corrected chi connectivity index (χ2v) is 10.1. The summed E-state index contributed by atoms with van der Waals surface area (Å²) in [5.74, 6) is -1.60. The number of rotatable bonds is 3. The van der Waals surface area contributed by atoms with E-state index in [2.05, 4.69) is 4.72 Å². The van der Waals surface area contributed by atoms with Crippen molar-refractivity contribution >= 4 is 48.4 Å². The fourth-order valence-corrected chi connectivity index (χ4v) is 5.28. The average molecular weight is 442 g/mol. The number of oxazole rings is 1. The fraction of sp³-hybridized carbons (Fsp3) is 0.188. The molecule has 0 saturated carbocycles. The Morgan fingerprint density at radius 1 is 1.03 bits per heavy atom. The zero-order chi connectivity index (χ0) is 21.3. The Labute approximate surface area is 165 Å². The lowest BCUT2D eigenvalue weighted by Crippen LogP contribution is -2.32. The SMILES string of the molecule is CN1c2cc(F)c(NS(=O)(=O)c3ccc4oc(=O)n(C)c4c3)cc2N(C)S1(=O)=O. The summed E-state index contributed by atoms with van der Waals surface area (Å²) in [4.78, 5) is 11.4. The topological polar surface area (TPSA) is 122 Å². The molecule has 2 heterocycles. The van der Waals surface area contributed by atoms with Gasteiger partial charge in [-0.05, 0) is 24.3 Å². The van der Waals surface area contributed by atoms with E-state index in [-0.39, 0.29) is 27.4 Å². The molecule has 0 bridgehead atoms. The lowest BCUT2D eigenvalue weighted by molar-refractivity contribution is 0.528. The standard InChI is InChI=1S/C16H15FN4O6S2/c1-19-14-6-9(4-5-15(14)27-16(19)22)28(23,24)18-11-8-13-12(7-10(11)17)20(2)29(25,26)21(13)3/h4-8,18H,1-3H3. The molecule has 13 heteroatoms. The van der Waals surface area contributed by atoms with Gasteiger partial charge in [-0.15, -0.1) is 0 Å². The smallest absolute Gasteiger partial charge is 0.408 e. The molecular weight excluding hydrogens is 427 g/mol. The molecule has 0 saturated heterocycles. The van der Waals surface area contributed by atoms with Crippen LogP contribution >= 0.6 is 0 Å². The Balaban J connectivity index is 1.78. The van der Waals surface area contributed by atoms with Crippen molar-refractivity contribution in [2.75, 3.05) is 27.4 Å². The van der Waals surface area contributed by atoms with E-state index in [1.807, 2.05) is 0 Å². The van der Waals surface area contributed by atoms with Crippen molar-refractivity contribution in [1.82, 2.24) is 4.57 Å². The zero-order valence-corrected chi connectivity index (χ0v) is 17.0. The molecule has 1 N–H and O–H groups in total. The number of aromatic nitrogens is 1. The normalized spacial score (nSPS) is 15.7. The molecule has 1 aromatic heterocycles. The minimum atomic E-state index is -4.24. The molecule has 1 aliphatic heterocycles. The average Bonchev–Trinajstić information content (AvgIpc) is 3.02. The third kappa shape index (κ3) is 2.76. The van der Waals surface area contributed by atoms with E-state index < -0.39 is 37.5 Å². The summed E-state index contributed by atoms with van der Waals surface area (Å²) in [6.07, 6.45) is 0. The van der Waals surface area contributed by atoms with E-state index in [0.717, 1.165) is 25.3 Å². The largest absolute Gasteiger partial charge is 0.419 e. The van der Waals surface area contributed by atoms with Gasteiger partial charge in [0.25, 0.3) is 10.0 Å². The summed E-state index contributed by atoms with van der Waals surface area (Å²) < 4.78 is 74.5. The Kier molecular flexibility index (Phi) is 3.96. The predicted octanol–water partition coefficient (Wildman–Crippen LogP) is 1.20. The van der Waals surface area contributed by atoms with Gasteiger partial charge in [0.05, 0.1) is 27.5 Å². The third-order valence-electron chi connectivity index (χ3n) is 4.75. The van der Waals surface area contributed by atoms with Crippen LogP contribution < -0.4 is 19.1 Å². The van der Waals surface area contributed by atoms with Gasteiger partial charge in [0.2, 0.25) is 0 Å². The molecule has 29 heavy (non-hydrogen) atoms. The molecule has 0 fully saturated rings. The van der Waals surface area contributed by atoms with Gasteiger partial charge < -0.3 is 4.42 Å². The first-order valence-corrected chi connectivity index (χ1v) is 11.0. The Bertz CT molecular complexity index is 1440. The molecule has 0 atom stereocenters. The second kappa shape index (κ2) is 5.97. The van der Waals surface area contributed by atoms with Crippen LogP contribution in [-0.4, -0.2) is 35.5 Å². The monoisotopic (exact) mass is 442 g/mol. The van der Waals surface area contributed by atoms with Crippen molar-refractivity contribution in [2.24, 2.45) is 7.05 Å². The van der Waals surface area contributed by atoms with E-state index in [1.54, 1.807) is 0 Å². The number of fused-ring (bicyclic) bond motifs is 2. The maximum atomic E-state index is 14.5. The van der Waals surface area contributed by atoms with E-state index in [1.165, 1.54) is 39.3 Å². The molecule has 10 nitrogen and oxygen atoms in total. The molecule has 0 radical (unpaired) electrons. The molecule has 154 valence electrons. The molecule has 0 amide bonds. The van der Waals surface area contributed by atoms with E-state index in [0.29, 0.717) is 0 Å². The molecule has 0 spiro atoms. The van der Waals surface area contributed by atoms with Gasteiger partial charge in [0, 0.05) is 27.2 Å². The number of hydrogen-bond acceptors (Lipinski definition) is 6. The highest BCUT2D eigenvalue weighted by Crippen LogP contribution is 2.42. The number of halogens is 1. The summed E-state index contributed by atoms with van der Waals surface area (Å²) in [5.41, 5.74) is 0.249. The van der Waals surface area contributed by atoms with Crippen LogP contribution in [0.1, 0.15) is 0 Å². The Morgan fingerprint density at radius 2 is 1.66 bits per heavy atom. The third-order valence-corrected chi connectivity index (χ3v) is 7.89. The number of benzene rings is 2. The summed E-state index contributed by atoms with van der Waals surface area (Å²) in [6.45, 7) is 0. The van der Waals surface area contributed by atoms with E-state index >= 15 is 0 Å². The minimum Gasteiger partial charge on any atom is -0.408 e. The highest BCUT2D eigenvalue weighted by Gasteiger charge is 2.36. The van der Waals surface area contributed by atoms with Crippen molar-refractivity contribution in [3.05, 3.63) is 46.7 Å². The predicted molar refractivity (Wildman–Crippen MR) is 104 cm³/mol. The summed E-state index contributed by atoms with van der Waals surface area (Å²) >= 11 is 0. The minimum absolute atomic E-state index is 0.0859. The summed E-state index contributed by atoms with van der Waals surface area (Å²) in [5, 5.41) is 0. The lowest BCUT2D eigenvalue weighted by Gasteiger charge is -2.13. The first-order chi connectivity index (χ1) is 13.4. The molecule has 0 aliphatic carbocycles. The highest BCUT2D eigenvalue weighted by atomic mass is 32.2. The van der Waals surface area contributed by atoms with Gasteiger partial charge in [-0.2, -0.15) is 8.42 Å². The van der Waals surface area contributed by atoms with Gasteiger partial charge in [-0.1, -0.05) is 0 Å². The van der Waals surface area contributed by atoms with Crippen LogP contribution in [0.4, 0.5) is 21.5 Å². The number of sulfonamides is 1. The van der Waals surface area contributed by atoms with Crippen LogP contribution in [0, 0.1) is 5.82 Å². The quantitative estimate of drug-likeness (QED) is 0.651. The van der Waals surface area contributed by atoms with Crippen LogP contribution in [-0.2, 0) is 27.3 Å². The summed E-state index contributed by atoms with van der Waals surface area (Å²) in [6, 6.07) is 5.80. The number of aryl methyl sites for hydroxylation is 1. The van der Waals surface area contributed by atoms with Gasteiger partial charge in [-0.25, -0.2) is 17.6 Å². The lowest BCUT2D eigenvalue weighted by atomic mass is 10.2. The first kappa shape index (κ1) is 19.3. The fourth-order valence-electron chi connectivity index (χ4n) is 3.04. The molecule has 1 aliphatic rings. The van der Waals surface area contributed by atoms with Crippen LogP contribution in [0.2, 0.25) is 0 Å².